The van der Waals surface area contributed by atoms with Gasteiger partial charge in [-0.3, -0.25) is 9.36 Å². The third-order valence-corrected chi connectivity index (χ3v) is 6.46. The minimum atomic E-state index is -0.0710. The summed E-state index contributed by atoms with van der Waals surface area (Å²) in [7, 11) is 0. The van der Waals surface area contributed by atoms with Gasteiger partial charge < -0.3 is 14.9 Å². The summed E-state index contributed by atoms with van der Waals surface area (Å²) in [6.45, 7) is 7.45. The van der Waals surface area contributed by atoms with Crippen molar-refractivity contribution in [2.75, 3.05) is 13.1 Å². The number of likely N-dealkylation sites (tertiary alicyclic amines) is 1. The van der Waals surface area contributed by atoms with Crippen LogP contribution in [0.1, 0.15) is 46.1 Å². The van der Waals surface area contributed by atoms with E-state index in [0.717, 1.165) is 45.9 Å². The van der Waals surface area contributed by atoms with Gasteiger partial charge in [0.25, 0.3) is 5.91 Å². The second kappa shape index (κ2) is 6.90. The molecular formula is C24H26N4O2. The molecule has 0 saturated carbocycles. The predicted molar refractivity (Wildman–Crippen MR) is 119 cm³/mol. The molecule has 2 aromatic carbocycles. The fourth-order valence-electron chi connectivity index (χ4n) is 4.92. The Balaban J connectivity index is 1.39. The fourth-order valence-corrected chi connectivity index (χ4v) is 4.92. The number of amides is 1. The first-order chi connectivity index (χ1) is 14.4. The highest BCUT2D eigenvalue weighted by atomic mass is 16.2. The second-order valence-electron chi connectivity index (χ2n) is 8.47. The number of hydrogen-bond acceptors (Lipinski definition) is 2. The Morgan fingerprint density at radius 3 is 2.53 bits per heavy atom. The maximum absolute atomic E-state index is 13.3. The van der Waals surface area contributed by atoms with E-state index >= 15 is 0 Å². The Morgan fingerprint density at radius 1 is 1.03 bits per heavy atom. The summed E-state index contributed by atoms with van der Waals surface area (Å²) < 4.78 is 1.86. The number of aryl methyl sites for hydroxylation is 3. The van der Waals surface area contributed by atoms with E-state index in [2.05, 4.69) is 35.9 Å². The summed E-state index contributed by atoms with van der Waals surface area (Å²) in [6.07, 6.45) is 1.54. The lowest BCUT2D eigenvalue weighted by molar-refractivity contribution is 0.0689. The number of para-hydroxylation sites is 2. The van der Waals surface area contributed by atoms with Crippen molar-refractivity contribution >= 4 is 27.8 Å². The highest BCUT2D eigenvalue weighted by molar-refractivity contribution is 6.01. The van der Waals surface area contributed by atoms with Crippen molar-refractivity contribution in [3.63, 3.8) is 0 Å². The molecule has 2 aromatic heterocycles. The number of aromatic nitrogens is 3. The molecule has 5 rings (SSSR count). The van der Waals surface area contributed by atoms with E-state index in [0.29, 0.717) is 18.8 Å². The summed E-state index contributed by atoms with van der Waals surface area (Å²) in [4.78, 5) is 34.0. The average Bonchev–Trinajstić information content (AvgIpc) is 3.24. The molecule has 1 aliphatic rings. The molecule has 30 heavy (non-hydrogen) atoms. The third kappa shape index (κ3) is 2.86. The molecule has 0 atom stereocenters. The lowest BCUT2D eigenvalue weighted by Crippen LogP contribution is -2.40. The van der Waals surface area contributed by atoms with Crippen LogP contribution in [0.25, 0.3) is 21.9 Å². The summed E-state index contributed by atoms with van der Waals surface area (Å²) in [6, 6.07) is 12.2. The van der Waals surface area contributed by atoms with Crippen molar-refractivity contribution in [3.05, 3.63) is 69.3 Å². The van der Waals surface area contributed by atoms with Crippen molar-refractivity contribution in [2.45, 2.75) is 39.7 Å². The van der Waals surface area contributed by atoms with Gasteiger partial charge in [0.05, 0.1) is 11.0 Å². The number of H-pyrrole nitrogens is 2. The van der Waals surface area contributed by atoms with Crippen LogP contribution in [0.5, 0.6) is 0 Å². The van der Waals surface area contributed by atoms with E-state index in [1.54, 1.807) is 0 Å². The first kappa shape index (κ1) is 18.7. The molecule has 0 bridgehead atoms. The number of nitrogens with one attached hydrogen (secondary N) is 2. The van der Waals surface area contributed by atoms with Gasteiger partial charge in [0.15, 0.2) is 0 Å². The number of nitrogens with zero attached hydrogens (tertiary/aromatic N) is 2. The van der Waals surface area contributed by atoms with Crippen LogP contribution in [0.4, 0.5) is 0 Å². The van der Waals surface area contributed by atoms with Gasteiger partial charge in [0, 0.05) is 30.0 Å². The van der Waals surface area contributed by atoms with Gasteiger partial charge in [-0.05, 0) is 62.9 Å². The number of carbonyl (C=O) groups excluding carboxylic acids is 1. The molecule has 2 N–H and O–H groups in total. The van der Waals surface area contributed by atoms with Gasteiger partial charge in [-0.15, -0.1) is 0 Å². The van der Waals surface area contributed by atoms with Crippen LogP contribution in [-0.4, -0.2) is 38.4 Å². The molecule has 0 unspecified atom stereocenters. The Morgan fingerprint density at radius 2 is 1.77 bits per heavy atom. The lowest BCUT2D eigenvalue weighted by Gasteiger charge is -2.32. The number of fused-ring (bicyclic) bond motifs is 2. The van der Waals surface area contributed by atoms with Crippen molar-refractivity contribution in [2.24, 2.45) is 0 Å². The van der Waals surface area contributed by atoms with Crippen LogP contribution >= 0.6 is 0 Å². The molecule has 154 valence electrons. The Labute approximate surface area is 174 Å². The Kier molecular flexibility index (Phi) is 4.31. The summed E-state index contributed by atoms with van der Waals surface area (Å²) >= 11 is 0. The molecule has 0 aliphatic carbocycles. The van der Waals surface area contributed by atoms with Crippen molar-refractivity contribution < 1.29 is 4.79 Å². The average molecular weight is 402 g/mol. The molecule has 1 amide bonds. The molecule has 6 nitrogen and oxygen atoms in total. The monoisotopic (exact) mass is 402 g/mol. The quantitative estimate of drug-likeness (QED) is 0.527. The molecular weight excluding hydrogens is 376 g/mol. The zero-order chi connectivity index (χ0) is 21.0. The fraction of sp³-hybridized carbons (Fsp3) is 0.333. The summed E-state index contributed by atoms with van der Waals surface area (Å²) in [5, 5.41) is 1.12. The second-order valence-corrected chi connectivity index (χ2v) is 8.47. The van der Waals surface area contributed by atoms with Gasteiger partial charge in [-0.1, -0.05) is 23.8 Å². The summed E-state index contributed by atoms with van der Waals surface area (Å²) in [5.74, 6) is 0.0467. The van der Waals surface area contributed by atoms with Crippen molar-refractivity contribution in [1.82, 2.24) is 19.4 Å². The number of imidazole rings is 1. The summed E-state index contributed by atoms with van der Waals surface area (Å²) in [5.41, 5.74) is 6.82. The highest BCUT2D eigenvalue weighted by Gasteiger charge is 2.28. The molecule has 0 radical (unpaired) electrons. The van der Waals surface area contributed by atoms with E-state index in [9.17, 15) is 9.59 Å². The van der Waals surface area contributed by atoms with E-state index in [-0.39, 0.29) is 17.6 Å². The standard InChI is InChI=1S/C24H26N4O2/c1-14-12-15(2)21-18(13-14)16(3)22(26-21)23(29)27-10-8-17(9-11-27)28-20-7-5-4-6-19(20)25-24(28)30/h4-7,12-13,17,26H,8-11H2,1-3H3,(H,25,30). The lowest BCUT2D eigenvalue weighted by atomic mass is 10.0. The molecule has 6 heteroatoms. The third-order valence-electron chi connectivity index (χ3n) is 6.46. The minimum Gasteiger partial charge on any atom is -0.350 e. The van der Waals surface area contributed by atoms with Crippen LogP contribution in [-0.2, 0) is 0 Å². The van der Waals surface area contributed by atoms with E-state index in [4.69, 9.17) is 0 Å². The molecule has 1 aliphatic heterocycles. The van der Waals surface area contributed by atoms with Crippen molar-refractivity contribution in [1.29, 1.82) is 0 Å². The van der Waals surface area contributed by atoms with Gasteiger partial charge >= 0.3 is 5.69 Å². The molecule has 4 aromatic rings. The first-order valence-corrected chi connectivity index (χ1v) is 10.5. The van der Waals surface area contributed by atoms with Gasteiger partial charge in [0.2, 0.25) is 0 Å². The smallest absolute Gasteiger partial charge is 0.326 e. The van der Waals surface area contributed by atoms with E-state index in [1.165, 1.54) is 5.56 Å². The number of aromatic amines is 2. The zero-order valence-electron chi connectivity index (χ0n) is 17.6. The Hall–Kier alpha value is -3.28. The topological polar surface area (TPSA) is 73.9 Å². The molecule has 1 fully saturated rings. The number of piperidine rings is 1. The normalized spacial score (nSPS) is 15.4. The molecule has 1 saturated heterocycles. The SMILES string of the molecule is Cc1cc(C)c2[nH]c(C(=O)N3CCC(n4c(=O)[nH]c5ccccc54)CC3)c(C)c2c1. The van der Waals surface area contributed by atoms with Crippen LogP contribution in [0, 0.1) is 20.8 Å². The van der Waals surface area contributed by atoms with Crippen LogP contribution in [0.2, 0.25) is 0 Å². The van der Waals surface area contributed by atoms with Gasteiger partial charge in [-0.25, -0.2) is 4.79 Å². The minimum absolute atomic E-state index is 0.0467. The van der Waals surface area contributed by atoms with Crippen LogP contribution < -0.4 is 5.69 Å². The van der Waals surface area contributed by atoms with Crippen LogP contribution in [0.3, 0.4) is 0 Å². The molecule has 3 heterocycles. The van der Waals surface area contributed by atoms with Crippen LogP contribution in [0.15, 0.2) is 41.2 Å². The highest BCUT2D eigenvalue weighted by Crippen LogP contribution is 2.29. The maximum Gasteiger partial charge on any atom is 0.326 e. The molecule has 0 spiro atoms. The first-order valence-electron chi connectivity index (χ1n) is 10.5. The van der Waals surface area contributed by atoms with E-state index in [1.807, 2.05) is 40.7 Å². The van der Waals surface area contributed by atoms with Crippen molar-refractivity contribution in [3.8, 4) is 0 Å². The van der Waals surface area contributed by atoms with Gasteiger partial charge in [0.1, 0.15) is 5.69 Å². The Bertz CT molecular complexity index is 1330. The number of rotatable bonds is 2. The zero-order valence-corrected chi connectivity index (χ0v) is 17.6. The maximum atomic E-state index is 13.3. The van der Waals surface area contributed by atoms with E-state index < -0.39 is 0 Å². The van der Waals surface area contributed by atoms with Gasteiger partial charge in [-0.2, -0.15) is 0 Å². The number of hydrogen-bond donors (Lipinski definition) is 2. The number of carbonyl (C=O) groups is 1. The largest absolute Gasteiger partial charge is 0.350 e. The number of benzene rings is 2. The predicted octanol–water partition coefficient (Wildman–Crippen LogP) is 4.21.